The molecule has 1 fully saturated rings. The van der Waals surface area contributed by atoms with E-state index in [2.05, 4.69) is 37.5 Å². The molecule has 0 aliphatic heterocycles. The van der Waals surface area contributed by atoms with Crippen LogP contribution in [0.4, 0.5) is 11.4 Å². The first-order valence-corrected chi connectivity index (χ1v) is 8.07. The highest BCUT2D eigenvalue weighted by atomic mass is 16.1. The molecule has 2 rings (SSSR count). The Bertz CT molecular complexity index is 498. The second-order valence-corrected chi connectivity index (χ2v) is 6.96. The summed E-state index contributed by atoms with van der Waals surface area (Å²) in [6.07, 6.45) is 5.50. The first kappa shape index (κ1) is 15.9. The van der Waals surface area contributed by atoms with E-state index in [1.165, 1.54) is 25.7 Å². The molecule has 3 heteroatoms. The van der Waals surface area contributed by atoms with Crippen LogP contribution >= 0.6 is 0 Å². The van der Waals surface area contributed by atoms with Crippen molar-refractivity contribution >= 4 is 17.3 Å². The van der Waals surface area contributed by atoms with Crippen LogP contribution in [0.1, 0.15) is 58.4 Å². The van der Waals surface area contributed by atoms with Crippen molar-refractivity contribution in [3.63, 3.8) is 0 Å². The van der Waals surface area contributed by atoms with Gasteiger partial charge in [0.1, 0.15) is 0 Å². The lowest BCUT2D eigenvalue weighted by molar-refractivity contribution is -0.115. The number of carbonyl (C=O) groups excluding carboxylic acids is 1. The van der Waals surface area contributed by atoms with Crippen molar-refractivity contribution in [2.45, 2.75) is 65.8 Å². The van der Waals surface area contributed by atoms with Gasteiger partial charge in [0.2, 0.25) is 5.91 Å². The van der Waals surface area contributed by atoms with Gasteiger partial charge in [-0.05, 0) is 55.7 Å². The van der Waals surface area contributed by atoms with Gasteiger partial charge >= 0.3 is 0 Å². The van der Waals surface area contributed by atoms with Crippen LogP contribution < -0.4 is 10.6 Å². The molecule has 0 saturated heterocycles. The zero-order valence-corrected chi connectivity index (χ0v) is 13.8. The third kappa shape index (κ3) is 4.23. The maximum atomic E-state index is 11.6. The van der Waals surface area contributed by atoms with E-state index in [0.717, 1.165) is 16.9 Å². The van der Waals surface area contributed by atoms with E-state index in [9.17, 15) is 4.79 Å². The molecule has 116 valence electrons. The number of anilines is 2. The second-order valence-electron chi connectivity index (χ2n) is 6.96. The first-order valence-electron chi connectivity index (χ1n) is 8.07. The molecule has 21 heavy (non-hydrogen) atoms. The fourth-order valence-electron chi connectivity index (χ4n) is 2.93. The molecule has 1 aromatic rings. The molecular weight excluding hydrogens is 260 g/mol. The minimum atomic E-state index is 0.0645. The Labute approximate surface area is 128 Å². The van der Waals surface area contributed by atoms with Crippen LogP contribution in [0.15, 0.2) is 18.2 Å². The van der Waals surface area contributed by atoms with E-state index >= 15 is 0 Å². The van der Waals surface area contributed by atoms with E-state index in [1.807, 2.05) is 19.1 Å². The van der Waals surface area contributed by atoms with Crippen LogP contribution in [0.2, 0.25) is 0 Å². The molecule has 1 aromatic carbocycles. The van der Waals surface area contributed by atoms with Crippen LogP contribution in [0.3, 0.4) is 0 Å². The van der Waals surface area contributed by atoms with Crippen molar-refractivity contribution in [1.29, 1.82) is 0 Å². The molecule has 0 unspecified atom stereocenters. The standard InChI is InChI=1S/C18H28N2O/c1-5-17(21)20-16-8-6-7-15(13(16)2)19-14-9-11-18(3,4)12-10-14/h6-8,14,19H,5,9-12H2,1-4H3,(H,20,21). The minimum absolute atomic E-state index is 0.0645. The SMILES string of the molecule is CCC(=O)Nc1cccc(NC2CCC(C)(C)CC2)c1C. The summed E-state index contributed by atoms with van der Waals surface area (Å²) in [5.74, 6) is 0.0645. The minimum Gasteiger partial charge on any atom is -0.382 e. The number of hydrogen-bond donors (Lipinski definition) is 2. The second kappa shape index (κ2) is 6.50. The van der Waals surface area contributed by atoms with Crippen LogP contribution in [0.25, 0.3) is 0 Å². The lowest BCUT2D eigenvalue weighted by Gasteiger charge is -2.35. The summed E-state index contributed by atoms with van der Waals surface area (Å²) in [6.45, 7) is 8.65. The quantitative estimate of drug-likeness (QED) is 0.841. The predicted octanol–water partition coefficient (Wildman–Crippen LogP) is 4.72. The maximum Gasteiger partial charge on any atom is 0.224 e. The number of carbonyl (C=O) groups is 1. The maximum absolute atomic E-state index is 11.6. The van der Waals surface area contributed by atoms with Crippen molar-refractivity contribution in [3.8, 4) is 0 Å². The number of hydrogen-bond acceptors (Lipinski definition) is 2. The van der Waals surface area contributed by atoms with Crippen molar-refractivity contribution in [1.82, 2.24) is 0 Å². The number of benzene rings is 1. The molecule has 0 radical (unpaired) electrons. The average Bonchev–Trinajstić information content (AvgIpc) is 2.45. The lowest BCUT2D eigenvalue weighted by Crippen LogP contribution is -2.30. The van der Waals surface area contributed by atoms with Gasteiger partial charge in [0, 0.05) is 23.8 Å². The average molecular weight is 288 g/mol. The topological polar surface area (TPSA) is 41.1 Å². The summed E-state index contributed by atoms with van der Waals surface area (Å²) >= 11 is 0. The third-order valence-electron chi connectivity index (χ3n) is 4.63. The summed E-state index contributed by atoms with van der Waals surface area (Å²) in [5.41, 5.74) is 3.69. The van der Waals surface area contributed by atoms with Crippen molar-refractivity contribution in [3.05, 3.63) is 23.8 Å². The molecule has 1 saturated carbocycles. The summed E-state index contributed by atoms with van der Waals surface area (Å²) in [4.78, 5) is 11.6. The summed E-state index contributed by atoms with van der Waals surface area (Å²) in [6, 6.07) is 6.64. The van der Waals surface area contributed by atoms with Gasteiger partial charge in [-0.1, -0.05) is 26.8 Å². The van der Waals surface area contributed by atoms with E-state index in [1.54, 1.807) is 0 Å². The molecule has 0 bridgehead atoms. The van der Waals surface area contributed by atoms with Gasteiger partial charge in [0.25, 0.3) is 0 Å². The molecule has 0 atom stereocenters. The van der Waals surface area contributed by atoms with Gasteiger partial charge < -0.3 is 10.6 Å². The summed E-state index contributed by atoms with van der Waals surface area (Å²) in [7, 11) is 0. The molecule has 0 spiro atoms. The number of nitrogens with one attached hydrogen (secondary N) is 2. The highest BCUT2D eigenvalue weighted by Crippen LogP contribution is 2.36. The van der Waals surface area contributed by atoms with Gasteiger partial charge in [0.05, 0.1) is 0 Å². The van der Waals surface area contributed by atoms with Gasteiger partial charge in [-0.2, -0.15) is 0 Å². The van der Waals surface area contributed by atoms with Crippen LogP contribution in [0, 0.1) is 12.3 Å². The Balaban J connectivity index is 2.04. The highest BCUT2D eigenvalue weighted by Gasteiger charge is 2.26. The molecule has 1 aliphatic carbocycles. The van der Waals surface area contributed by atoms with Crippen LogP contribution in [-0.2, 0) is 4.79 Å². The molecule has 1 aliphatic rings. The van der Waals surface area contributed by atoms with Gasteiger partial charge in [-0.15, -0.1) is 0 Å². The van der Waals surface area contributed by atoms with E-state index in [-0.39, 0.29) is 5.91 Å². The monoisotopic (exact) mass is 288 g/mol. The fourth-order valence-corrected chi connectivity index (χ4v) is 2.93. The Kier molecular flexibility index (Phi) is 4.92. The Morgan fingerprint density at radius 3 is 2.48 bits per heavy atom. The highest BCUT2D eigenvalue weighted by molar-refractivity contribution is 5.92. The zero-order valence-electron chi connectivity index (χ0n) is 13.8. The molecule has 0 heterocycles. The fraction of sp³-hybridized carbons (Fsp3) is 0.611. The molecule has 1 amide bonds. The number of amides is 1. The molecule has 2 N–H and O–H groups in total. The molecular formula is C18H28N2O. The third-order valence-corrected chi connectivity index (χ3v) is 4.63. The van der Waals surface area contributed by atoms with Crippen molar-refractivity contribution < 1.29 is 4.79 Å². The lowest BCUT2D eigenvalue weighted by atomic mass is 9.75. The Morgan fingerprint density at radius 1 is 1.24 bits per heavy atom. The van der Waals surface area contributed by atoms with E-state index in [4.69, 9.17) is 0 Å². The van der Waals surface area contributed by atoms with Crippen LogP contribution in [-0.4, -0.2) is 11.9 Å². The van der Waals surface area contributed by atoms with Crippen molar-refractivity contribution in [2.75, 3.05) is 10.6 Å². The van der Waals surface area contributed by atoms with E-state index < -0.39 is 0 Å². The zero-order chi connectivity index (χ0) is 15.5. The van der Waals surface area contributed by atoms with Crippen molar-refractivity contribution in [2.24, 2.45) is 5.41 Å². The van der Waals surface area contributed by atoms with Crippen LogP contribution in [0.5, 0.6) is 0 Å². The van der Waals surface area contributed by atoms with Gasteiger partial charge in [0.15, 0.2) is 0 Å². The summed E-state index contributed by atoms with van der Waals surface area (Å²) < 4.78 is 0. The van der Waals surface area contributed by atoms with E-state index in [0.29, 0.717) is 17.9 Å². The summed E-state index contributed by atoms with van der Waals surface area (Å²) in [5, 5.41) is 6.64. The first-order chi connectivity index (χ1) is 9.91. The Hall–Kier alpha value is -1.51. The van der Waals surface area contributed by atoms with Gasteiger partial charge in [-0.25, -0.2) is 0 Å². The largest absolute Gasteiger partial charge is 0.382 e. The smallest absolute Gasteiger partial charge is 0.224 e. The van der Waals surface area contributed by atoms with Gasteiger partial charge in [-0.3, -0.25) is 4.79 Å². The molecule has 0 aromatic heterocycles. The normalized spacial score (nSPS) is 18.3. The molecule has 3 nitrogen and oxygen atoms in total. The predicted molar refractivity (Wildman–Crippen MR) is 89.8 cm³/mol. The number of rotatable bonds is 4. The Morgan fingerprint density at radius 2 is 1.86 bits per heavy atom.